The SMILES string of the molecule is CCOC(=O)C(=O)Cn1nnc2ccccc21.CCOC(=O)C(=O)O. The molecule has 1 heterocycles. The number of fused-ring (bicyclic) bond motifs is 1. The zero-order chi connectivity index (χ0) is 18.8. The maximum atomic E-state index is 11.5. The predicted octanol–water partition coefficient (Wildman–Crippen LogP) is 0.198. The molecule has 0 aliphatic rings. The van der Waals surface area contributed by atoms with Crippen LogP contribution in [0, 0.1) is 0 Å². The number of aliphatic carboxylic acids is 1. The Morgan fingerprint density at radius 2 is 1.64 bits per heavy atom. The van der Waals surface area contributed by atoms with Crippen LogP contribution in [0.4, 0.5) is 0 Å². The first kappa shape index (κ1) is 19.7. The second kappa shape index (κ2) is 9.75. The number of nitrogens with zero attached hydrogens (tertiary/aromatic N) is 3. The fraction of sp³-hybridized carbons (Fsp3) is 0.333. The van der Waals surface area contributed by atoms with Crippen molar-refractivity contribution in [2.24, 2.45) is 0 Å². The Bertz CT molecular complexity index is 769. The highest BCUT2D eigenvalue weighted by atomic mass is 16.6. The summed E-state index contributed by atoms with van der Waals surface area (Å²) in [6.45, 7) is 3.32. The summed E-state index contributed by atoms with van der Waals surface area (Å²) in [4.78, 5) is 42.2. The maximum Gasteiger partial charge on any atom is 0.417 e. The van der Waals surface area contributed by atoms with E-state index in [9.17, 15) is 19.2 Å². The van der Waals surface area contributed by atoms with Crippen LogP contribution >= 0.6 is 0 Å². The first-order valence-electron chi connectivity index (χ1n) is 7.28. The summed E-state index contributed by atoms with van der Waals surface area (Å²) >= 11 is 0. The van der Waals surface area contributed by atoms with Gasteiger partial charge in [0.1, 0.15) is 12.1 Å². The normalized spacial score (nSPS) is 9.68. The topological polar surface area (TPSA) is 138 Å². The third-order valence-electron chi connectivity index (χ3n) is 2.67. The fourth-order valence-electron chi connectivity index (χ4n) is 1.64. The number of hydrogen-bond acceptors (Lipinski definition) is 8. The maximum absolute atomic E-state index is 11.5. The lowest BCUT2D eigenvalue weighted by Gasteiger charge is -2.01. The first-order chi connectivity index (χ1) is 11.9. The van der Waals surface area contributed by atoms with Crippen LogP contribution in [0.25, 0.3) is 11.0 Å². The van der Waals surface area contributed by atoms with Gasteiger partial charge in [0.15, 0.2) is 0 Å². The van der Waals surface area contributed by atoms with Gasteiger partial charge in [-0.3, -0.25) is 4.79 Å². The lowest BCUT2D eigenvalue weighted by molar-refractivity contribution is -0.163. The number of para-hydroxylation sites is 1. The van der Waals surface area contributed by atoms with Gasteiger partial charge in [0, 0.05) is 0 Å². The number of carbonyl (C=O) groups is 4. The van der Waals surface area contributed by atoms with Crippen LogP contribution in [0.1, 0.15) is 13.8 Å². The molecule has 2 rings (SSSR count). The molecule has 0 unspecified atom stereocenters. The summed E-state index contributed by atoms with van der Waals surface area (Å²) in [5, 5.41) is 15.5. The van der Waals surface area contributed by atoms with E-state index < -0.39 is 23.7 Å². The molecule has 0 fully saturated rings. The smallest absolute Gasteiger partial charge is 0.417 e. The number of esters is 2. The second-order valence-corrected chi connectivity index (χ2v) is 4.41. The monoisotopic (exact) mass is 351 g/mol. The highest BCUT2D eigenvalue weighted by Crippen LogP contribution is 2.09. The average molecular weight is 351 g/mol. The molecule has 0 aliphatic heterocycles. The van der Waals surface area contributed by atoms with Crippen LogP contribution in [-0.2, 0) is 35.2 Å². The number of ketones is 1. The lowest BCUT2D eigenvalue weighted by atomic mass is 10.3. The Balaban J connectivity index is 0.000000333. The molecule has 25 heavy (non-hydrogen) atoms. The van der Waals surface area contributed by atoms with E-state index in [1.807, 2.05) is 12.1 Å². The van der Waals surface area contributed by atoms with E-state index >= 15 is 0 Å². The van der Waals surface area contributed by atoms with E-state index in [0.717, 1.165) is 0 Å². The quantitative estimate of drug-likeness (QED) is 0.591. The number of carboxylic acids is 1. The van der Waals surface area contributed by atoms with Gasteiger partial charge < -0.3 is 14.6 Å². The summed E-state index contributed by atoms with van der Waals surface area (Å²) in [6.07, 6.45) is 0. The minimum atomic E-state index is -1.55. The van der Waals surface area contributed by atoms with E-state index in [2.05, 4.69) is 19.8 Å². The number of hydrogen-bond donors (Lipinski definition) is 1. The Labute approximate surface area is 142 Å². The summed E-state index contributed by atoms with van der Waals surface area (Å²) < 4.78 is 10.1. The van der Waals surface area contributed by atoms with Crippen molar-refractivity contribution >= 4 is 34.7 Å². The summed E-state index contributed by atoms with van der Waals surface area (Å²) in [5.41, 5.74) is 1.40. The third-order valence-corrected chi connectivity index (χ3v) is 2.67. The molecule has 10 nitrogen and oxygen atoms in total. The van der Waals surface area contributed by atoms with Crippen molar-refractivity contribution in [3.05, 3.63) is 24.3 Å². The molecule has 0 saturated heterocycles. The van der Waals surface area contributed by atoms with Gasteiger partial charge in [0.2, 0.25) is 0 Å². The molecule has 1 aromatic heterocycles. The molecule has 0 amide bonds. The third kappa shape index (κ3) is 6.01. The van der Waals surface area contributed by atoms with Crippen LogP contribution in [0.5, 0.6) is 0 Å². The molecule has 1 N–H and O–H groups in total. The Hall–Kier alpha value is -3.30. The number of rotatable bonds is 5. The molecule has 0 bridgehead atoms. The van der Waals surface area contributed by atoms with Crippen molar-refractivity contribution in [2.75, 3.05) is 13.2 Å². The van der Waals surface area contributed by atoms with E-state index in [1.54, 1.807) is 26.0 Å². The fourth-order valence-corrected chi connectivity index (χ4v) is 1.64. The van der Waals surface area contributed by atoms with Gasteiger partial charge >= 0.3 is 17.9 Å². The van der Waals surface area contributed by atoms with E-state index in [4.69, 9.17) is 5.11 Å². The molecule has 0 aliphatic carbocycles. The Kier molecular flexibility index (Phi) is 7.70. The zero-order valence-corrected chi connectivity index (χ0v) is 13.7. The van der Waals surface area contributed by atoms with E-state index in [-0.39, 0.29) is 19.8 Å². The Morgan fingerprint density at radius 1 is 1.04 bits per heavy atom. The zero-order valence-electron chi connectivity index (χ0n) is 13.7. The second-order valence-electron chi connectivity index (χ2n) is 4.41. The summed E-state index contributed by atoms with van der Waals surface area (Å²) in [5.74, 6) is -4.23. The number of carboxylic acid groups (broad SMARTS) is 1. The first-order valence-corrected chi connectivity index (χ1v) is 7.28. The largest absolute Gasteiger partial charge is 0.473 e. The molecule has 0 spiro atoms. The van der Waals surface area contributed by atoms with Crippen molar-refractivity contribution in [2.45, 2.75) is 20.4 Å². The Morgan fingerprint density at radius 3 is 2.20 bits per heavy atom. The number of carbonyl (C=O) groups excluding carboxylic acids is 3. The van der Waals surface area contributed by atoms with E-state index in [1.165, 1.54) is 4.68 Å². The number of benzene rings is 1. The van der Waals surface area contributed by atoms with Crippen LogP contribution in [0.3, 0.4) is 0 Å². The van der Waals surface area contributed by atoms with Crippen molar-refractivity contribution in [3.8, 4) is 0 Å². The number of aromatic nitrogens is 3. The number of Topliss-reactive ketones (excluding diaryl/α,β-unsaturated/α-hetero) is 1. The molecule has 134 valence electrons. The predicted molar refractivity (Wildman–Crippen MR) is 83.4 cm³/mol. The van der Waals surface area contributed by atoms with Gasteiger partial charge in [0.05, 0.1) is 18.7 Å². The minimum Gasteiger partial charge on any atom is -0.473 e. The van der Waals surface area contributed by atoms with Gasteiger partial charge in [-0.2, -0.15) is 0 Å². The molecule has 0 atom stereocenters. The molecule has 2 aromatic rings. The summed E-state index contributed by atoms with van der Waals surface area (Å²) in [7, 11) is 0. The molecular formula is C15H17N3O7. The van der Waals surface area contributed by atoms with Crippen molar-refractivity contribution in [3.63, 3.8) is 0 Å². The molecule has 0 saturated carbocycles. The van der Waals surface area contributed by atoms with Crippen LogP contribution in [-0.4, -0.2) is 57.0 Å². The van der Waals surface area contributed by atoms with Crippen molar-refractivity contribution < 1.29 is 33.8 Å². The highest BCUT2D eigenvalue weighted by Gasteiger charge is 2.17. The van der Waals surface area contributed by atoms with Gasteiger partial charge in [-0.05, 0) is 26.0 Å². The highest BCUT2D eigenvalue weighted by molar-refractivity contribution is 6.33. The van der Waals surface area contributed by atoms with Gasteiger partial charge in [0.25, 0.3) is 5.78 Å². The average Bonchev–Trinajstić information content (AvgIpc) is 2.99. The van der Waals surface area contributed by atoms with Crippen molar-refractivity contribution in [1.82, 2.24) is 15.0 Å². The summed E-state index contributed by atoms with van der Waals surface area (Å²) in [6, 6.07) is 7.22. The molecule has 1 aromatic carbocycles. The molecule has 0 radical (unpaired) electrons. The van der Waals surface area contributed by atoms with Crippen LogP contribution in [0.15, 0.2) is 24.3 Å². The lowest BCUT2D eigenvalue weighted by Crippen LogP contribution is -2.23. The number of ether oxygens (including phenoxy) is 2. The standard InChI is InChI=1S/C11H11N3O3.C4H6O4/c1-2-17-11(16)10(15)7-14-9-6-4-3-5-8(9)12-13-14;1-2-8-4(7)3(5)6/h3-6H,2,7H2,1H3;2H2,1H3,(H,5,6). The van der Waals surface area contributed by atoms with Gasteiger partial charge in [-0.1, -0.05) is 17.3 Å². The minimum absolute atomic E-state index is 0.102. The van der Waals surface area contributed by atoms with Crippen LogP contribution in [0.2, 0.25) is 0 Å². The van der Waals surface area contributed by atoms with Crippen molar-refractivity contribution in [1.29, 1.82) is 0 Å². The van der Waals surface area contributed by atoms with Crippen LogP contribution < -0.4 is 0 Å². The van der Waals surface area contributed by atoms with E-state index in [0.29, 0.717) is 11.0 Å². The van der Waals surface area contributed by atoms with Gasteiger partial charge in [-0.15, -0.1) is 5.10 Å². The molecule has 10 heteroatoms. The molecular weight excluding hydrogens is 334 g/mol. The van der Waals surface area contributed by atoms with Gasteiger partial charge in [-0.25, -0.2) is 19.1 Å².